The zero-order valence-corrected chi connectivity index (χ0v) is 13.9. The number of benzene rings is 2. The van der Waals surface area contributed by atoms with Crippen molar-refractivity contribution in [1.29, 1.82) is 0 Å². The van der Waals surface area contributed by atoms with Crippen molar-refractivity contribution in [2.45, 2.75) is 0 Å². The van der Waals surface area contributed by atoms with E-state index < -0.39 is 0 Å². The molecule has 1 amide bonds. The molecule has 0 radical (unpaired) electrons. The van der Waals surface area contributed by atoms with E-state index in [-0.39, 0.29) is 5.91 Å². The Morgan fingerprint density at radius 3 is 2.79 bits per heavy atom. The van der Waals surface area contributed by atoms with Crippen molar-refractivity contribution in [3.05, 3.63) is 71.3 Å². The van der Waals surface area contributed by atoms with Crippen LogP contribution < -0.4 is 14.9 Å². The van der Waals surface area contributed by atoms with Gasteiger partial charge in [-0.15, -0.1) is 0 Å². The van der Waals surface area contributed by atoms with E-state index in [0.29, 0.717) is 28.7 Å². The maximum Gasteiger partial charge on any atom is 0.272 e. The lowest BCUT2D eigenvalue weighted by Gasteiger charge is -2.09. The molecule has 2 aromatic rings. The van der Waals surface area contributed by atoms with E-state index in [1.807, 2.05) is 0 Å². The Morgan fingerprint density at radius 1 is 1.29 bits per heavy atom. The van der Waals surface area contributed by atoms with E-state index >= 15 is 0 Å². The first-order valence-corrected chi connectivity index (χ1v) is 7.53. The number of hydrogen-bond acceptors (Lipinski definition) is 4. The maximum absolute atomic E-state index is 12.0. The predicted octanol–water partition coefficient (Wildman–Crippen LogP) is 3.68. The molecule has 6 heteroatoms. The number of methoxy groups -OCH3 is 1. The zero-order valence-electron chi connectivity index (χ0n) is 13.2. The molecule has 0 unspecified atom stereocenters. The molecule has 0 aromatic heterocycles. The lowest BCUT2D eigenvalue weighted by molar-refractivity contribution is 0.0955. The second-order valence-electron chi connectivity index (χ2n) is 4.69. The van der Waals surface area contributed by atoms with Gasteiger partial charge >= 0.3 is 0 Å². The van der Waals surface area contributed by atoms with Gasteiger partial charge in [0, 0.05) is 0 Å². The van der Waals surface area contributed by atoms with Gasteiger partial charge in [0.15, 0.2) is 11.5 Å². The van der Waals surface area contributed by atoms with Crippen molar-refractivity contribution < 1.29 is 14.3 Å². The molecule has 0 saturated carbocycles. The van der Waals surface area contributed by atoms with Crippen LogP contribution in [0.15, 0.2) is 60.2 Å². The van der Waals surface area contributed by atoms with Crippen molar-refractivity contribution in [2.75, 3.05) is 13.7 Å². The highest BCUT2D eigenvalue weighted by Gasteiger charge is 2.08. The molecule has 1 N–H and O–H groups in total. The summed E-state index contributed by atoms with van der Waals surface area (Å²) in [7, 11) is 1.55. The lowest BCUT2D eigenvalue weighted by Crippen LogP contribution is -2.17. The molecule has 0 fully saturated rings. The van der Waals surface area contributed by atoms with Gasteiger partial charge in [-0.2, -0.15) is 5.10 Å². The van der Waals surface area contributed by atoms with Crippen molar-refractivity contribution in [3.63, 3.8) is 0 Å². The Hall–Kier alpha value is -2.79. The van der Waals surface area contributed by atoms with Crippen molar-refractivity contribution in [3.8, 4) is 11.5 Å². The van der Waals surface area contributed by atoms with Crippen LogP contribution in [-0.2, 0) is 0 Å². The first-order valence-electron chi connectivity index (χ1n) is 7.15. The number of amides is 1. The van der Waals surface area contributed by atoms with Crippen molar-refractivity contribution in [2.24, 2.45) is 5.10 Å². The topological polar surface area (TPSA) is 59.9 Å². The first kappa shape index (κ1) is 17.6. The predicted molar refractivity (Wildman–Crippen MR) is 95.2 cm³/mol. The average Bonchev–Trinajstić information content (AvgIpc) is 2.60. The fourth-order valence-electron chi connectivity index (χ4n) is 1.90. The third-order valence-electron chi connectivity index (χ3n) is 3.04. The number of rotatable bonds is 7. The van der Waals surface area contributed by atoms with Crippen LogP contribution in [-0.4, -0.2) is 25.8 Å². The van der Waals surface area contributed by atoms with Crippen LogP contribution in [0, 0.1) is 0 Å². The minimum atomic E-state index is -0.380. The number of carbonyl (C=O) groups excluding carboxylic acids is 1. The van der Waals surface area contributed by atoms with Gasteiger partial charge in [0.05, 0.1) is 23.9 Å². The van der Waals surface area contributed by atoms with Gasteiger partial charge in [0.1, 0.15) is 6.61 Å². The number of carbonyl (C=O) groups is 1. The minimum Gasteiger partial charge on any atom is -0.493 e. The second-order valence-corrected chi connectivity index (χ2v) is 5.10. The molecule has 2 rings (SSSR count). The quantitative estimate of drug-likeness (QED) is 0.473. The van der Waals surface area contributed by atoms with Crippen molar-refractivity contribution >= 4 is 23.7 Å². The van der Waals surface area contributed by atoms with Crippen LogP contribution in [0.3, 0.4) is 0 Å². The standard InChI is InChI=1S/C18H17ClN2O3/c1-3-10-24-16-9-8-13(11-17(16)23-2)12-20-21-18(22)14-6-4-5-7-15(14)19/h3-9,11-12H,1,10H2,2H3,(H,21,22)/b20-12+. The number of nitrogens with one attached hydrogen (secondary N) is 1. The molecule has 124 valence electrons. The van der Waals surface area contributed by atoms with Crippen LogP contribution in [0.2, 0.25) is 5.02 Å². The molecular weight excluding hydrogens is 328 g/mol. The molecular formula is C18H17ClN2O3. The van der Waals surface area contributed by atoms with E-state index in [0.717, 1.165) is 5.56 Å². The summed E-state index contributed by atoms with van der Waals surface area (Å²) in [5.41, 5.74) is 3.55. The van der Waals surface area contributed by atoms with Gasteiger partial charge in [-0.05, 0) is 35.9 Å². The Kier molecular flexibility index (Phi) is 6.40. The van der Waals surface area contributed by atoms with E-state index in [1.165, 1.54) is 6.21 Å². The van der Waals surface area contributed by atoms with Gasteiger partial charge in [-0.1, -0.05) is 36.4 Å². The number of hydrogen-bond donors (Lipinski definition) is 1. The monoisotopic (exact) mass is 344 g/mol. The summed E-state index contributed by atoms with van der Waals surface area (Å²) in [6.45, 7) is 3.99. The second kappa shape index (κ2) is 8.74. The molecule has 0 atom stereocenters. The van der Waals surface area contributed by atoms with Gasteiger partial charge in [-0.25, -0.2) is 5.43 Å². The van der Waals surface area contributed by atoms with Gasteiger partial charge in [0.25, 0.3) is 5.91 Å². The third kappa shape index (κ3) is 4.60. The molecule has 0 bridgehead atoms. The van der Waals surface area contributed by atoms with Crippen LogP contribution in [0.1, 0.15) is 15.9 Å². The van der Waals surface area contributed by atoms with E-state index in [2.05, 4.69) is 17.1 Å². The van der Waals surface area contributed by atoms with Crippen LogP contribution in [0.5, 0.6) is 11.5 Å². The molecule has 0 saturated heterocycles. The largest absolute Gasteiger partial charge is 0.493 e. The summed E-state index contributed by atoms with van der Waals surface area (Å²) >= 11 is 5.96. The SMILES string of the molecule is C=CCOc1ccc(/C=N/NC(=O)c2ccccc2Cl)cc1OC. The Labute approximate surface area is 145 Å². The smallest absolute Gasteiger partial charge is 0.272 e. The van der Waals surface area contributed by atoms with E-state index in [1.54, 1.807) is 55.7 Å². The molecule has 24 heavy (non-hydrogen) atoms. The summed E-state index contributed by atoms with van der Waals surface area (Å²) in [6.07, 6.45) is 3.16. The number of halogens is 1. The fraction of sp³-hybridized carbons (Fsp3) is 0.111. The highest BCUT2D eigenvalue weighted by molar-refractivity contribution is 6.33. The third-order valence-corrected chi connectivity index (χ3v) is 3.37. The number of ether oxygens (including phenoxy) is 2. The first-order chi connectivity index (χ1) is 11.7. The van der Waals surface area contributed by atoms with Gasteiger partial charge in [-0.3, -0.25) is 4.79 Å². The van der Waals surface area contributed by atoms with E-state index in [4.69, 9.17) is 21.1 Å². The van der Waals surface area contributed by atoms with Crippen LogP contribution >= 0.6 is 11.6 Å². The molecule has 0 spiro atoms. The number of nitrogens with zero attached hydrogens (tertiary/aromatic N) is 1. The summed E-state index contributed by atoms with van der Waals surface area (Å²) < 4.78 is 10.7. The van der Waals surface area contributed by atoms with E-state index in [9.17, 15) is 4.79 Å². The van der Waals surface area contributed by atoms with Gasteiger partial charge in [0.2, 0.25) is 0 Å². The number of hydrazone groups is 1. The Bertz CT molecular complexity index is 760. The molecule has 2 aromatic carbocycles. The van der Waals surface area contributed by atoms with Gasteiger partial charge < -0.3 is 9.47 Å². The average molecular weight is 345 g/mol. The van der Waals surface area contributed by atoms with Crippen molar-refractivity contribution in [1.82, 2.24) is 5.43 Å². The molecule has 0 heterocycles. The molecule has 0 aliphatic rings. The lowest BCUT2D eigenvalue weighted by atomic mass is 10.2. The summed E-state index contributed by atoms with van der Waals surface area (Å²) in [6, 6.07) is 12.1. The summed E-state index contributed by atoms with van der Waals surface area (Å²) in [5.74, 6) is 0.794. The summed E-state index contributed by atoms with van der Waals surface area (Å²) in [5, 5.41) is 4.30. The summed E-state index contributed by atoms with van der Waals surface area (Å²) in [4.78, 5) is 12.0. The van der Waals surface area contributed by atoms with Crippen LogP contribution in [0.4, 0.5) is 0 Å². The maximum atomic E-state index is 12.0. The normalized spacial score (nSPS) is 10.4. The molecule has 0 aliphatic heterocycles. The minimum absolute atomic E-state index is 0.363. The fourth-order valence-corrected chi connectivity index (χ4v) is 2.12. The Balaban J connectivity index is 2.05. The Morgan fingerprint density at radius 2 is 2.08 bits per heavy atom. The molecule has 0 aliphatic carbocycles. The zero-order chi connectivity index (χ0) is 17.4. The highest BCUT2D eigenvalue weighted by atomic mass is 35.5. The van der Waals surface area contributed by atoms with Crippen LogP contribution in [0.25, 0.3) is 0 Å². The highest BCUT2D eigenvalue weighted by Crippen LogP contribution is 2.27. The molecule has 5 nitrogen and oxygen atoms in total.